The van der Waals surface area contributed by atoms with E-state index in [0.717, 1.165) is 0 Å². The van der Waals surface area contributed by atoms with Gasteiger partial charge in [0.1, 0.15) is 0 Å². The first-order valence-electron chi connectivity index (χ1n) is 7.30. The predicted molar refractivity (Wildman–Crippen MR) is 89.6 cm³/mol. The fraction of sp³-hybridized carbons (Fsp3) is 0.167. The third-order valence-corrected chi connectivity index (χ3v) is 3.19. The number of aromatic carboxylic acids is 1. The number of carbonyl (C=O) groups excluding carboxylic acids is 1. The fourth-order valence-electron chi connectivity index (χ4n) is 1.95. The van der Waals surface area contributed by atoms with E-state index in [-0.39, 0.29) is 18.0 Å². The van der Waals surface area contributed by atoms with Gasteiger partial charge in [-0.15, -0.1) is 0 Å². The normalized spacial score (nSPS) is 10.6. The van der Waals surface area contributed by atoms with Crippen LogP contribution in [0.5, 0.6) is 11.5 Å². The van der Waals surface area contributed by atoms with Gasteiger partial charge in [0, 0.05) is 12.6 Å². The molecule has 124 valence electrons. The van der Waals surface area contributed by atoms with Gasteiger partial charge in [-0.1, -0.05) is 19.1 Å². The van der Waals surface area contributed by atoms with Gasteiger partial charge >= 0.3 is 11.9 Å². The number of benzene rings is 2. The summed E-state index contributed by atoms with van der Waals surface area (Å²) in [6, 6.07) is 11.4. The van der Waals surface area contributed by atoms with E-state index in [0.29, 0.717) is 22.7 Å². The molecule has 0 saturated carbocycles. The number of carbonyl (C=O) groups is 2. The Kier molecular flexibility index (Phi) is 5.68. The molecular formula is C18H17NO5. The van der Waals surface area contributed by atoms with E-state index in [1.807, 2.05) is 0 Å². The van der Waals surface area contributed by atoms with E-state index in [2.05, 4.69) is 4.99 Å². The number of carboxylic acids is 1. The summed E-state index contributed by atoms with van der Waals surface area (Å²) in [5.41, 5.74) is 1.16. The molecular weight excluding hydrogens is 310 g/mol. The number of hydrogen-bond acceptors (Lipinski definition) is 5. The van der Waals surface area contributed by atoms with Gasteiger partial charge in [0.15, 0.2) is 11.5 Å². The van der Waals surface area contributed by atoms with Gasteiger partial charge in [-0.2, -0.15) is 0 Å². The molecule has 0 bridgehead atoms. The molecule has 2 aromatic rings. The molecule has 0 unspecified atom stereocenters. The molecule has 0 aromatic heterocycles. The van der Waals surface area contributed by atoms with Crippen LogP contribution in [-0.4, -0.2) is 30.4 Å². The maximum Gasteiger partial charge on any atom is 0.337 e. The highest BCUT2D eigenvalue weighted by Gasteiger charge is 2.10. The molecule has 6 nitrogen and oxygen atoms in total. The van der Waals surface area contributed by atoms with Gasteiger partial charge in [-0.05, 0) is 35.9 Å². The summed E-state index contributed by atoms with van der Waals surface area (Å²) < 4.78 is 10.4. The number of methoxy groups -OCH3 is 1. The molecule has 1 N–H and O–H groups in total. The van der Waals surface area contributed by atoms with Crippen LogP contribution in [0.1, 0.15) is 29.3 Å². The second-order valence-corrected chi connectivity index (χ2v) is 4.82. The molecule has 0 radical (unpaired) electrons. The highest BCUT2D eigenvalue weighted by molar-refractivity contribution is 5.95. The Morgan fingerprint density at radius 2 is 1.92 bits per heavy atom. The number of esters is 1. The van der Waals surface area contributed by atoms with Gasteiger partial charge in [-0.3, -0.25) is 9.79 Å². The van der Waals surface area contributed by atoms with Gasteiger partial charge in [0.05, 0.1) is 18.4 Å². The van der Waals surface area contributed by atoms with Crippen molar-refractivity contribution in [3.63, 3.8) is 0 Å². The van der Waals surface area contributed by atoms with Crippen molar-refractivity contribution in [1.29, 1.82) is 0 Å². The predicted octanol–water partition coefficient (Wildman–Crippen LogP) is 3.46. The Morgan fingerprint density at radius 3 is 2.58 bits per heavy atom. The first-order chi connectivity index (χ1) is 11.5. The molecule has 0 spiro atoms. The van der Waals surface area contributed by atoms with Crippen LogP contribution in [0.15, 0.2) is 47.5 Å². The lowest BCUT2D eigenvalue weighted by molar-refractivity contribution is -0.134. The maximum atomic E-state index is 11.4. The summed E-state index contributed by atoms with van der Waals surface area (Å²) >= 11 is 0. The Morgan fingerprint density at radius 1 is 1.17 bits per heavy atom. The number of carboxylic acid groups (broad SMARTS) is 1. The van der Waals surface area contributed by atoms with Crippen molar-refractivity contribution in [3.05, 3.63) is 53.6 Å². The molecule has 0 fully saturated rings. The average molecular weight is 327 g/mol. The average Bonchev–Trinajstić information content (AvgIpc) is 2.60. The van der Waals surface area contributed by atoms with Crippen LogP contribution >= 0.6 is 0 Å². The lowest BCUT2D eigenvalue weighted by Gasteiger charge is -2.09. The number of hydrogen-bond donors (Lipinski definition) is 1. The molecule has 0 aliphatic rings. The zero-order valence-electron chi connectivity index (χ0n) is 13.4. The zero-order valence-corrected chi connectivity index (χ0v) is 13.4. The largest absolute Gasteiger partial charge is 0.493 e. The van der Waals surface area contributed by atoms with Crippen LogP contribution in [0, 0.1) is 0 Å². The number of rotatable bonds is 6. The molecule has 0 amide bonds. The summed E-state index contributed by atoms with van der Waals surface area (Å²) in [4.78, 5) is 26.8. The molecule has 0 atom stereocenters. The number of para-hydroxylation sites is 1. The SMILES string of the molecule is CCC(=O)Oc1ccc(C=Nc2ccccc2C(=O)O)cc1OC. The van der Waals surface area contributed by atoms with Crippen molar-refractivity contribution < 1.29 is 24.2 Å². The van der Waals surface area contributed by atoms with E-state index in [4.69, 9.17) is 14.6 Å². The minimum Gasteiger partial charge on any atom is -0.493 e. The standard InChI is InChI=1S/C18H17NO5/c1-3-17(20)24-15-9-8-12(10-16(15)23-2)11-19-14-7-5-4-6-13(14)18(21)22/h4-11H,3H2,1-2H3,(H,21,22). The van der Waals surface area contributed by atoms with E-state index in [9.17, 15) is 9.59 Å². The van der Waals surface area contributed by atoms with Crippen molar-refractivity contribution in [2.24, 2.45) is 4.99 Å². The Bertz CT molecular complexity index is 783. The second kappa shape index (κ2) is 7.92. The number of nitrogens with zero attached hydrogens (tertiary/aromatic N) is 1. The maximum absolute atomic E-state index is 11.4. The molecule has 0 saturated heterocycles. The van der Waals surface area contributed by atoms with Crippen LogP contribution in [0.25, 0.3) is 0 Å². The van der Waals surface area contributed by atoms with Crippen molar-refractivity contribution in [3.8, 4) is 11.5 Å². The third-order valence-electron chi connectivity index (χ3n) is 3.19. The van der Waals surface area contributed by atoms with Crippen LogP contribution in [-0.2, 0) is 4.79 Å². The summed E-state index contributed by atoms with van der Waals surface area (Å²) in [6.45, 7) is 1.70. The Hall–Kier alpha value is -3.15. The van der Waals surface area contributed by atoms with Gasteiger partial charge in [0.2, 0.25) is 0 Å². The summed E-state index contributed by atoms with van der Waals surface area (Å²) in [5, 5.41) is 9.15. The third kappa shape index (κ3) is 4.19. The van der Waals surface area contributed by atoms with Crippen molar-refractivity contribution in [2.45, 2.75) is 13.3 Å². The van der Waals surface area contributed by atoms with Crippen molar-refractivity contribution in [1.82, 2.24) is 0 Å². The van der Waals surface area contributed by atoms with Crippen LogP contribution in [0.2, 0.25) is 0 Å². The lowest BCUT2D eigenvalue weighted by atomic mass is 10.2. The minimum atomic E-state index is -1.04. The lowest BCUT2D eigenvalue weighted by Crippen LogP contribution is -2.06. The van der Waals surface area contributed by atoms with Crippen molar-refractivity contribution >= 4 is 23.8 Å². The highest BCUT2D eigenvalue weighted by atomic mass is 16.6. The van der Waals surface area contributed by atoms with Gasteiger partial charge in [-0.25, -0.2) is 4.79 Å². The molecule has 2 rings (SSSR count). The topological polar surface area (TPSA) is 85.2 Å². The quantitative estimate of drug-likeness (QED) is 0.499. The molecule has 2 aromatic carbocycles. The van der Waals surface area contributed by atoms with E-state index in [1.165, 1.54) is 19.4 Å². The van der Waals surface area contributed by atoms with Crippen LogP contribution in [0.3, 0.4) is 0 Å². The zero-order chi connectivity index (χ0) is 17.5. The summed E-state index contributed by atoms with van der Waals surface area (Å²) in [5.74, 6) is -0.674. The Balaban J connectivity index is 2.27. The van der Waals surface area contributed by atoms with Crippen LogP contribution < -0.4 is 9.47 Å². The monoisotopic (exact) mass is 327 g/mol. The number of aliphatic imine (C=N–C) groups is 1. The summed E-state index contributed by atoms with van der Waals surface area (Å²) in [7, 11) is 1.47. The number of ether oxygens (including phenoxy) is 2. The fourth-order valence-corrected chi connectivity index (χ4v) is 1.95. The van der Waals surface area contributed by atoms with E-state index >= 15 is 0 Å². The minimum absolute atomic E-state index is 0.120. The molecule has 0 aliphatic carbocycles. The van der Waals surface area contributed by atoms with Gasteiger partial charge in [0.25, 0.3) is 0 Å². The van der Waals surface area contributed by atoms with E-state index < -0.39 is 5.97 Å². The second-order valence-electron chi connectivity index (χ2n) is 4.82. The Labute approximate surface area is 139 Å². The molecule has 0 aliphatic heterocycles. The smallest absolute Gasteiger partial charge is 0.337 e. The first-order valence-corrected chi connectivity index (χ1v) is 7.30. The van der Waals surface area contributed by atoms with Gasteiger partial charge < -0.3 is 14.6 Å². The van der Waals surface area contributed by atoms with E-state index in [1.54, 1.807) is 43.3 Å². The molecule has 6 heteroatoms. The highest BCUT2D eigenvalue weighted by Crippen LogP contribution is 2.28. The van der Waals surface area contributed by atoms with Crippen molar-refractivity contribution in [2.75, 3.05) is 7.11 Å². The summed E-state index contributed by atoms with van der Waals surface area (Å²) in [6.07, 6.45) is 1.79. The van der Waals surface area contributed by atoms with Crippen LogP contribution in [0.4, 0.5) is 5.69 Å². The molecule has 0 heterocycles. The molecule has 24 heavy (non-hydrogen) atoms. The first kappa shape index (κ1) is 17.2.